The normalized spacial score (nSPS) is 18.0. The Morgan fingerprint density at radius 3 is 2.47 bits per heavy atom. The Kier molecular flexibility index (Phi) is 6.97. The van der Waals surface area contributed by atoms with Crippen LogP contribution >= 0.6 is 0 Å². The summed E-state index contributed by atoms with van der Waals surface area (Å²) in [6.45, 7) is 10.7. The van der Waals surface area contributed by atoms with Crippen LogP contribution < -0.4 is 14.7 Å². The van der Waals surface area contributed by atoms with Crippen molar-refractivity contribution >= 4 is 23.6 Å². The van der Waals surface area contributed by atoms with E-state index >= 15 is 0 Å². The first-order valence-electron chi connectivity index (χ1n) is 12.7. The molecule has 3 aromatic rings. The van der Waals surface area contributed by atoms with Crippen LogP contribution in [0.1, 0.15) is 42.6 Å². The molecule has 0 aromatic carbocycles. The number of esters is 1. The van der Waals surface area contributed by atoms with E-state index in [9.17, 15) is 4.79 Å². The summed E-state index contributed by atoms with van der Waals surface area (Å²) in [6, 6.07) is 8.38. The quantitative estimate of drug-likeness (QED) is 0.483. The summed E-state index contributed by atoms with van der Waals surface area (Å²) in [7, 11) is 0. The van der Waals surface area contributed by atoms with Crippen molar-refractivity contribution in [2.75, 3.05) is 54.0 Å². The average Bonchev–Trinajstić information content (AvgIpc) is 3.35. The van der Waals surface area contributed by atoms with E-state index < -0.39 is 0 Å². The zero-order valence-electron chi connectivity index (χ0n) is 21.2. The molecular weight excluding hydrogens is 454 g/mol. The first-order chi connectivity index (χ1) is 17.5. The maximum absolute atomic E-state index is 12.1. The lowest BCUT2D eigenvalue weighted by Crippen LogP contribution is -2.47. The van der Waals surface area contributed by atoms with Crippen molar-refractivity contribution in [1.29, 1.82) is 0 Å². The molecule has 0 spiro atoms. The van der Waals surface area contributed by atoms with Gasteiger partial charge in [-0.05, 0) is 57.4 Å². The van der Waals surface area contributed by atoms with Crippen LogP contribution in [0.2, 0.25) is 0 Å². The van der Waals surface area contributed by atoms with Crippen LogP contribution in [-0.2, 0) is 4.74 Å². The summed E-state index contributed by atoms with van der Waals surface area (Å²) in [5.74, 6) is 2.34. The molecule has 0 saturated carbocycles. The number of pyridine rings is 2. The highest BCUT2D eigenvalue weighted by Crippen LogP contribution is 2.29. The monoisotopic (exact) mass is 487 g/mol. The van der Waals surface area contributed by atoms with E-state index in [-0.39, 0.29) is 5.97 Å². The minimum atomic E-state index is -0.332. The van der Waals surface area contributed by atoms with Crippen LogP contribution in [0.15, 0.2) is 42.9 Å². The van der Waals surface area contributed by atoms with Gasteiger partial charge in [0, 0.05) is 69.0 Å². The molecule has 0 radical (unpaired) electrons. The molecule has 0 N–H and O–H groups in total. The first kappa shape index (κ1) is 24.0. The summed E-state index contributed by atoms with van der Waals surface area (Å²) >= 11 is 0. The summed E-state index contributed by atoms with van der Waals surface area (Å²) in [5, 5.41) is 0. The number of rotatable bonds is 6. The van der Waals surface area contributed by atoms with Crippen LogP contribution in [0.25, 0.3) is 11.3 Å². The highest BCUT2D eigenvalue weighted by Gasteiger charge is 2.26. The number of piperazine rings is 1. The molecule has 9 nitrogen and oxygen atoms in total. The van der Waals surface area contributed by atoms with Gasteiger partial charge in [-0.15, -0.1) is 0 Å². The number of anilines is 3. The molecular formula is C27H33N7O2. The van der Waals surface area contributed by atoms with Crippen molar-refractivity contribution in [3.8, 4) is 11.3 Å². The van der Waals surface area contributed by atoms with Gasteiger partial charge in [0.15, 0.2) is 0 Å². The van der Waals surface area contributed by atoms with Gasteiger partial charge in [0.05, 0.1) is 17.9 Å². The third-order valence-electron chi connectivity index (χ3n) is 6.95. The Hall–Kier alpha value is -3.75. The van der Waals surface area contributed by atoms with E-state index in [0.717, 1.165) is 73.5 Å². The molecule has 9 heteroatoms. The lowest BCUT2D eigenvalue weighted by molar-refractivity contribution is 0.0526. The maximum Gasteiger partial charge on any atom is 0.339 e. The standard InChI is InChI=1S/C27H33N7O2/c1-4-36-26(35)22-16-19(2)25(29-18-22)33-14-12-32(13-15-33)24-17-23(21-7-9-28-10-8-21)30-27(31-24)34-11-5-6-20(34)3/h7-10,16-18,20H,4-6,11-15H2,1-3H3. The highest BCUT2D eigenvalue weighted by atomic mass is 16.5. The fourth-order valence-electron chi connectivity index (χ4n) is 4.99. The SMILES string of the molecule is CCOC(=O)c1cnc(N2CCN(c3cc(-c4ccncc4)nc(N4CCCC4C)n3)CC2)c(C)c1. The van der Waals surface area contributed by atoms with Gasteiger partial charge in [-0.25, -0.2) is 14.8 Å². The Bertz CT molecular complexity index is 1210. The molecule has 0 amide bonds. The number of aromatic nitrogens is 4. The van der Waals surface area contributed by atoms with Crippen molar-refractivity contribution in [3.05, 3.63) is 54.0 Å². The molecule has 188 valence electrons. The van der Waals surface area contributed by atoms with Crippen LogP contribution in [0, 0.1) is 6.92 Å². The van der Waals surface area contributed by atoms with Gasteiger partial charge in [0.2, 0.25) is 5.95 Å². The highest BCUT2D eigenvalue weighted by molar-refractivity contribution is 5.89. The smallest absolute Gasteiger partial charge is 0.339 e. The van der Waals surface area contributed by atoms with E-state index in [1.165, 1.54) is 6.42 Å². The third kappa shape index (κ3) is 4.96. The minimum Gasteiger partial charge on any atom is -0.462 e. The molecule has 36 heavy (non-hydrogen) atoms. The summed E-state index contributed by atoms with van der Waals surface area (Å²) in [5.41, 5.74) is 3.43. The molecule has 5 rings (SSSR count). The van der Waals surface area contributed by atoms with Crippen molar-refractivity contribution in [2.24, 2.45) is 0 Å². The molecule has 2 fully saturated rings. The van der Waals surface area contributed by atoms with Crippen molar-refractivity contribution in [2.45, 2.75) is 39.7 Å². The van der Waals surface area contributed by atoms with Gasteiger partial charge in [-0.1, -0.05) is 0 Å². The van der Waals surface area contributed by atoms with Crippen molar-refractivity contribution < 1.29 is 9.53 Å². The Balaban J connectivity index is 1.36. The molecule has 0 aliphatic carbocycles. The average molecular weight is 488 g/mol. The van der Waals surface area contributed by atoms with Gasteiger partial charge in [-0.3, -0.25) is 4.98 Å². The molecule has 2 aliphatic rings. The molecule has 5 heterocycles. The van der Waals surface area contributed by atoms with Crippen LogP contribution in [0.4, 0.5) is 17.6 Å². The zero-order valence-corrected chi connectivity index (χ0v) is 21.2. The topological polar surface area (TPSA) is 87.6 Å². The molecule has 1 unspecified atom stereocenters. The van der Waals surface area contributed by atoms with Gasteiger partial charge in [0.25, 0.3) is 0 Å². The van der Waals surface area contributed by atoms with Gasteiger partial charge in [0.1, 0.15) is 11.6 Å². The second kappa shape index (κ2) is 10.5. The molecule has 3 aromatic heterocycles. The predicted octanol–water partition coefficient (Wildman–Crippen LogP) is 3.73. The van der Waals surface area contributed by atoms with Crippen LogP contribution in [0.3, 0.4) is 0 Å². The summed E-state index contributed by atoms with van der Waals surface area (Å²) in [6.07, 6.45) is 7.55. The fraction of sp³-hybridized carbons (Fsp3) is 0.444. The second-order valence-electron chi connectivity index (χ2n) is 9.39. The number of carbonyl (C=O) groups is 1. The Morgan fingerprint density at radius 1 is 1.06 bits per heavy atom. The lowest BCUT2D eigenvalue weighted by Gasteiger charge is -2.37. The number of aryl methyl sites for hydroxylation is 1. The van der Waals surface area contributed by atoms with E-state index in [1.54, 1.807) is 25.5 Å². The zero-order chi connectivity index (χ0) is 25.1. The van der Waals surface area contributed by atoms with E-state index in [2.05, 4.69) is 37.7 Å². The van der Waals surface area contributed by atoms with Crippen LogP contribution in [-0.4, -0.2) is 71.3 Å². The molecule has 1 atom stereocenters. The van der Waals surface area contributed by atoms with Crippen molar-refractivity contribution in [1.82, 2.24) is 19.9 Å². The van der Waals surface area contributed by atoms with Gasteiger partial charge >= 0.3 is 5.97 Å². The minimum absolute atomic E-state index is 0.332. The fourth-order valence-corrected chi connectivity index (χ4v) is 4.99. The second-order valence-corrected chi connectivity index (χ2v) is 9.39. The Labute approximate surface area is 212 Å². The van der Waals surface area contributed by atoms with E-state index in [1.807, 2.05) is 25.1 Å². The van der Waals surface area contributed by atoms with E-state index in [0.29, 0.717) is 18.2 Å². The largest absolute Gasteiger partial charge is 0.462 e. The van der Waals surface area contributed by atoms with Crippen LogP contribution in [0.5, 0.6) is 0 Å². The molecule has 2 aliphatic heterocycles. The number of carbonyl (C=O) groups excluding carboxylic acids is 1. The lowest BCUT2D eigenvalue weighted by atomic mass is 10.1. The predicted molar refractivity (Wildman–Crippen MR) is 141 cm³/mol. The number of hydrogen-bond acceptors (Lipinski definition) is 9. The van der Waals surface area contributed by atoms with E-state index in [4.69, 9.17) is 14.7 Å². The van der Waals surface area contributed by atoms with Gasteiger partial charge in [-0.2, -0.15) is 4.98 Å². The number of nitrogens with zero attached hydrogens (tertiary/aromatic N) is 7. The molecule has 2 saturated heterocycles. The van der Waals surface area contributed by atoms with Gasteiger partial charge < -0.3 is 19.4 Å². The van der Waals surface area contributed by atoms with Crippen molar-refractivity contribution in [3.63, 3.8) is 0 Å². The maximum atomic E-state index is 12.1. The summed E-state index contributed by atoms with van der Waals surface area (Å²) in [4.78, 5) is 37.7. The molecule has 0 bridgehead atoms. The number of hydrogen-bond donors (Lipinski definition) is 0. The third-order valence-corrected chi connectivity index (χ3v) is 6.95. The Morgan fingerprint density at radius 2 is 1.81 bits per heavy atom. The summed E-state index contributed by atoms with van der Waals surface area (Å²) < 4.78 is 5.11. The number of ether oxygens (including phenoxy) is 1. The first-order valence-corrected chi connectivity index (χ1v) is 12.7.